The molecule has 106 valence electrons. The summed E-state index contributed by atoms with van der Waals surface area (Å²) in [6, 6.07) is 1.19. The zero-order valence-corrected chi connectivity index (χ0v) is 12.2. The first kappa shape index (κ1) is 14.3. The Bertz CT molecular complexity index is 247. The van der Waals surface area contributed by atoms with Gasteiger partial charge in [0, 0.05) is 25.3 Å². The molecule has 0 saturated carbocycles. The van der Waals surface area contributed by atoms with Crippen molar-refractivity contribution < 1.29 is 9.47 Å². The van der Waals surface area contributed by atoms with Gasteiger partial charge in [0.1, 0.15) is 0 Å². The molecule has 3 heteroatoms. The second-order valence-electron chi connectivity index (χ2n) is 6.01. The topological polar surface area (TPSA) is 30.5 Å². The van der Waals surface area contributed by atoms with E-state index in [0.717, 1.165) is 45.5 Å². The fraction of sp³-hybridized carbons (Fsp3) is 1.00. The van der Waals surface area contributed by atoms with Crippen molar-refractivity contribution in [1.29, 1.82) is 0 Å². The van der Waals surface area contributed by atoms with E-state index in [1.54, 1.807) is 0 Å². The highest BCUT2D eigenvalue weighted by Gasteiger charge is 2.35. The summed E-state index contributed by atoms with van der Waals surface area (Å²) in [4.78, 5) is 0. The van der Waals surface area contributed by atoms with E-state index in [0.29, 0.717) is 18.0 Å². The summed E-state index contributed by atoms with van der Waals surface area (Å²) in [5.41, 5.74) is 0.127. The Hall–Kier alpha value is -0.120. The van der Waals surface area contributed by atoms with E-state index in [-0.39, 0.29) is 5.60 Å². The van der Waals surface area contributed by atoms with Gasteiger partial charge in [-0.25, -0.2) is 0 Å². The van der Waals surface area contributed by atoms with Gasteiger partial charge in [0.25, 0.3) is 0 Å². The normalized spacial score (nSPS) is 33.5. The van der Waals surface area contributed by atoms with Crippen molar-refractivity contribution in [2.75, 3.05) is 19.8 Å². The molecule has 0 amide bonds. The van der Waals surface area contributed by atoms with Gasteiger partial charge in [0.15, 0.2) is 0 Å². The van der Waals surface area contributed by atoms with Crippen LogP contribution >= 0.6 is 0 Å². The number of ether oxygens (including phenoxy) is 2. The molecule has 3 unspecified atom stereocenters. The molecule has 1 N–H and O–H groups in total. The molecule has 18 heavy (non-hydrogen) atoms. The highest BCUT2D eigenvalue weighted by molar-refractivity contribution is 4.90. The Kier molecular flexibility index (Phi) is 5.05. The largest absolute Gasteiger partial charge is 0.381 e. The third kappa shape index (κ3) is 3.25. The van der Waals surface area contributed by atoms with Gasteiger partial charge in [-0.2, -0.15) is 0 Å². The first-order valence-corrected chi connectivity index (χ1v) is 7.67. The van der Waals surface area contributed by atoms with Crippen molar-refractivity contribution in [3.8, 4) is 0 Å². The summed E-state index contributed by atoms with van der Waals surface area (Å²) in [5.74, 6) is 0.700. The van der Waals surface area contributed by atoms with E-state index in [4.69, 9.17) is 9.47 Å². The molecule has 0 aromatic heterocycles. The third-order valence-electron chi connectivity index (χ3n) is 4.95. The quantitative estimate of drug-likeness (QED) is 0.819. The summed E-state index contributed by atoms with van der Waals surface area (Å²) in [5, 5.41) is 3.82. The van der Waals surface area contributed by atoms with Crippen LogP contribution < -0.4 is 5.32 Å². The van der Waals surface area contributed by atoms with Crippen LogP contribution in [0.15, 0.2) is 0 Å². The lowest BCUT2D eigenvalue weighted by atomic mass is 9.85. The van der Waals surface area contributed by atoms with E-state index in [2.05, 4.69) is 26.1 Å². The van der Waals surface area contributed by atoms with Crippen LogP contribution in [0.2, 0.25) is 0 Å². The third-order valence-corrected chi connectivity index (χ3v) is 4.95. The Morgan fingerprint density at radius 2 is 2.00 bits per heavy atom. The lowest BCUT2D eigenvalue weighted by molar-refractivity contribution is -0.0944. The Morgan fingerprint density at radius 3 is 2.61 bits per heavy atom. The maximum absolute atomic E-state index is 6.04. The van der Waals surface area contributed by atoms with Gasteiger partial charge in [0.05, 0.1) is 12.2 Å². The number of rotatable bonds is 5. The van der Waals surface area contributed by atoms with E-state index in [1.165, 1.54) is 6.42 Å². The molecule has 2 fully saturated rings. The minimum atomic E-state index is 0.127. The Labute approximate surface area is 112 Å². The maximum Gasteiger partial charge on any atom is 0.0692 e. The van der Waals surface area contributed by atoms with Crippen molar-refractivity contribution in [2.45, 2.75) is 70.6 Å². The van der Waals surface area contributed by atoms with E-state index >= 15 is 0 Å². The molecule has 0 radical (unpaired) electrons. The number of hydrogen-bond acceptors (Lipinski definition) is 3. The van der Waals surface area contributed by atoms with Crippen molar-refractivity contribution >= 4 is 0 Å². The average molecular weight is 255 g/mol. The second-order valence-corrected chi connectivity index (χ2v) is 6.01. The number of nitrogens with one attached hydrogen (secondary N) is 1. The average Bonchev–Trinajstić information content (AvgIpc) is 2.93. The van der Waals surface area contributed by atoms with Crippen LogP contribution in [-0.4, -0.2) is 37.5 Å². The van der Waals surface area contributed by atoms with Crippen LogP contribution in [0.25, 0.3) is 0 Å². The zero-order chi connectivity index (χ0) is 13.0. The van der Waals surface area contributed by atoms with E-state index in [1.807, 2.05) is 0 Å². The first-order chi connectivity index (χ1) is 8.69. The molecule has 3 atom stereocenters. The van der Waals surface area contributed by atoms with Crippen molar-refractivity contribution in [3.63, 3.8) is 0 Å². The first-order valence-electron chi connectivity index (χ1n) is 7.67. The summed E-state index contributed by atoms with van der Waals surface area (Å²) in [6.07, 6.45) is 5.78. The van der Waals surface area contributed by atoms with Crippen molar-refractivity contribution in [1.82, 2.24) is 5.32 Å². The van der Waals surface area contributed by atoms with Gasteiger partial charge in [-0.05, 0) is 44.9 Å². The molecule has 3 nitrogen and oxygen atoms in total. The lowest BCUT2D eigenvalue weighted by Gasteiger charge is -2.41. The monoisotopic (exact) mass is 255 g/mol. The molecule has 2 rings (SSSR count). The standard InChI is InChI=1S/C15H29NO2/c1-4-15(5-2)10-14(7-9-18-15)16-12(3)13-6-8-17-11-13/h12-14,16H,4-11H2,1-3H3. The SMILES string of the molecule is CCC1(CC)CC(NC(C)C2CCOC2)CCO1. The molecular weight excluding hydrogens is 226 g/mol. The number of hydrogen-bond donors (Lipinski definition) is 1. The van der Waals surface area contributed by atoms with Crippen LogP contribution in [0.5, 0.6) is 0 Å². The molecule has 0 bridgehead atoms. The fourth-order valence-corrected chi connectivity index (χ4v) is 3.37. The van der Waals surface area contributed by atoms with Gasteiger partial charge in [-0.1, -0.05) is 13.8 Å². The predicted octanol–water partition coefficient (Wildman–Crippen LogP) is 2.74. The summed E-state index contributed by atoms with van der Waals surface area (Å²) >= 11 is 0. The second kappa shape index (κ2) is 6.36. The van der Waals surface area contributed by atoms with Crippen LogP contribution in [0.3, 0.4) is 0 Å². The van der Waals surface area contributed by atoms with Gasteiger partial charge in [-0.15, -0.1) is 0 Å². The zero-order valence-electron chi connectivity index (χ0n) is 12.2. The maximum atomic E-state index is 6.04. The molecule has 2 heterocycles. The van der Waals surface area contributed by atoms with Crippen LogP contribution in [0.1, 0.15) is 52.9 Å². The summed E-state index contributed by atoms with van der Waals surface area (Å²) in [6.45, 7) is 9.60. The minimum absolute atomic E-state index is 0.127. The van der Waals surface area contributed by atoms with E-state index in [9.17, 15) is 0 Å². The van der Waals surface area contributed by atoms with Crippen LogP contribution in [0.4, 0.5) is 0 Å². The fourth-order valence-electron chi connectivity index (χ4n) is 3.37. The molecule has 0 aliphatic carbocycles. The van der Waals surface area contributed by atoms with Gasteiger partial charge in [-0.3, -0.25) is 0 Å². The highest BCUT2D eigenvalue weighted by atomic mass is 16.5. The molecule has 2 aliphatic heterocycles. The Morgan fingerprint density at radius 1 is 1.22 bits per heavy atom. The van der Waals surface area contributed by atoms with Crippen LogP contribution in [0, 0.1) is 5.92 Å². The predicted molar refractivity (Wildman–Crippen MR) is 73.8 cm³/mol. The molecule has 0 aromatic carbocycles. The molecule has 2 aliphatic rings. The van der Waals surface area contributed by atoms with Crippen molar-refractivity contribution in [3.05, 3.63) is 0 Å². The summed E-state index contributed by atoms with van der Waals surface area (Å²) < 4.78 is 11.5. The minimum Gasteiger partial charge on any atom is -0.381 e. The summed E-state index contributed by atoms with van der Waals surface area (Å²) in [7, 11) is 0. The highest BCUT2D eigenvalue weighted by Crippen LogP contribution is 2.32. The molecule has 2 saturated heterocycles. The Balaban J connectivity index is 1.85. The van der Waals surface area contributed by atoms with E-state index < -0.39 is 0 Å². The van der Waals surface area contributed by atoms with Crippen LogP contribution in [-0.2, 0) is 9.47 Å². The van der Waals surface area contributed by atoms with Gasteiger partial charge < -0.3 is 14.8 Å². The smallest absolute Gasteiger partial charge is 0.0692 e. The molecule has 0 aromatic rings. The van der Waals surface area contributed by atoms with Crippen molar-refractivity contribution in [2.24, 2.45) is 5.92 Å². The molecule has 0 spiro atoms. The van der Waals surface area contributed by atoms with Gasteiger partial charge in [0.2, 0.25) is 0 Å². The van der Waals surface area contributed by atoms with Gasteiger partial charge >= 0.3 is 0 Å². The molecular formula is C15H29NO2. The lowest BCUT2D eigenvalue weighted by Crippen LogP contribution is -2.50.